The minimum atomic E-state index is 1.16. The molecule has 10 rings (SSSR count). The van der Waals surface area contributed by atoms with Crippen molar-refractivity contribution in [2.75, 3.05) is 0 Å². The van der Waals surface area contributed by atoms with Crippen LogP contribution in [0.3, 0.4) is 0 Å². The van der Waals surface area contributed by atoms with E-state index < -0.39 is 0 Å². The molecule has 1 aromatic heterocycles. The fourth-order valence-electron chi connectivity index (χ4n) is 7.83. The summed E-state index contributed by atoms with van der Waals surface area (Å²) < 4.78 is 2.43. The molecule has 0 saturated heterocycles. The minimum Gasteiger partial charge on any atom is -0.309 e. The van der Waals surface area contributed by atoms with E-state index in [1.54, 1.807) is 0 Å². The summed E-state index contributed by atoms with van der Waals surface area (Å²) in [6, 6.07) is 68.8. The van der Waals surface area contributed by atoms with Gasteiger partial charge in [0, 0.05) is 16.5 Å². The summed E-state index contributed by atoms with van der Waals surface area (Å²) in [5.41, 5.74) is 10.9. The van der Waals surface area contributed by atoms with Crippen LogP contribution in [0.2, 0.25) is 0 Å². The Kier molecular flexibility index (Phi) is 6.25. The molecule has 0 saturated carbocycles. The Balaban J connectivity index is 1.19. The Morgan fingerprint density at radius 3 is 1.29 bits per heavy atom. The number of fused-ring (bicyclic) bond motifs is 9. The Morgan fingerprint density at radius 1 is 0.224 bits per heavy atom. The number of hydrogen-bond donors (Lipinski definition) is 0. The molecule has 10 aromatic rings. The molecule has 0 spiro atoms. The van der Waals surface area contributed by atoms with Crippen LogP contribution in [0.1, 0.15) is 0 Å². The van der Waals surface area contributed by atoms with Gasteiger partial charge in [-0.05, 0) is 102 Å². The van der Waals surface area contributed by atoms with Crippen molar-refractivity contribution in [2.24, 2.45) is 0 Å². The average Bonchev–Trinajstić information content (AvgIpc) is 3.52. The standard InChI is InChI=1S/C48H31N/c1-3-12-32(13-4-1)35-22-25-41-39-18-7-8-19-40(39)42-26-23-36(30-46(42)45(41)29-35)34-16-11-17-38(28-34)49-47-21-10-9-20-43(47)44-27-24-37(31-48(44)49)33-14-5-2-6-15-33/h1-31H. The molecule has 0 unspecified atom stereocenters. The van der Waals surface area contributed by atoms with Crippen LogP contribution in [0.4, 0.5) is 0 Å². The van der Waals surface area contributed by atoms with Gasteiger partial charge in [0.25, 0.3) is 0 Å². The van der Waals surface area contributed by atoms with E-state index in [-0.39, 0.29) is 0 Å². The lowest BCUT2D eigenvalue weighted by molar-refractivity contribution is 1.18. The van der Waals surface area contributed by atoms with Crippen molar-refractivity contribution < 1.29 is 0 Å². The summed E-state index contributed by atoms with van der Waals surface area (Å²) in [6.45, 7) is 0. The Bertz CT molecular complexity index is 2860. The van der Waals surface area contributed by atoms with E-state index in [1.165, 1.54) is 87.5 Å². The summed E-state index contributed by atoms with van der Waals surface area (Å²) in [7, 11) is 0. The van der Waals surface area contributed by atoms with Gasteiger partial charge in [-0.15, -0.1) is 0 Å². The van der Waals surface area contributed by atoms with Crippen molar-refractivity contribution in [1.82, 2.24) is 4.57 Å². The summed E-state index contributed by atoms with van der Waals surface area (Å²) in [5.74, 6) is 0. The zero-order chi connectivity index (χ0) is 32.3. The summed E-state index contributed by atoms with van der Waals surface area (Å²) in [6.07, 6.45) is 0. The van der Waals surface area contributed by atoms with E-state index in [0.717, 1.165) is 5.69 Å². The van der Waals surface area contributed by atoms with Crippen molar-refractivity contribution in [2.45, 2.75) is 0 Å². The zero-order valence-electron chi connectivity index (χ0n) is 26.8. The summed E-state index contributed by atoms with van der Waals surface area (Å²) >= 11 is 0. The van der Waals surface area contributed by atoms with Crippen molar-refractivity contribution in [3.63, 3.8) is 0 Å². The number of nitrogens with zero attached hydrogens (tertiary/aromatic N) is 1. The molecule has 0 N–H and O–H groups in total. The third-order valence-electron chi connectivity index (χ3n) is 10.2. The van der Waals surface area contributed by atoms with E-state index in [4.69, 9.17) is 0 Å². The number of hydrogen-bond acceptors (Lipinski definition) is 0. The first-order valence-corrected chi connectivity index (χ1v) is 16.9. The van der Waals surface area contributed by atoms with E-state index in [2.05, 4.69) is 193 Å². The first kappa shape index (κ1) is 27.7. The second-order valence-corrected chi connectivity index (χ2v) is 12.9. The van der Waals surface area contributed by atoms with Gasteiger partial charge in [0.1, 0.15) is 0 Å². The molecule has 9 aromatic carbocycles. The third kappa shape index (κ3) is 4.47. The summed E-state index contributed by atoms with van der Waals surface area (Å²) in [5, 5.41) is 10.2. The zero-order valence-corrected chi connectivity index (χ0v) is 26.8. The third-order valence-corrected chi connectivity index (χ3v) is 10.2. The van der Waals surface area contributed by atoms with E-state index in [9.17, 15) is 0 Å². The second-order valence-electron chi connectivity index (χ2n) is 12.9. The molecular weight excluding hydrogens is 591 g/mol. The number of aromatic nitrogens is 1. The lowest BCUT2D eigenvalue weighted by Gasteiger charge is -2.14. The van der Waals surface area contributed by atoms with Crippen LogP contribution in [0.5, 0.6) is 0 Å². The predicted molar refractivity (Wildman–Crippen MR) is 210 cm³/mol. The predicted octanol–water partition coefficient (Wildman–Crippen LogP) is 13.2. The highest BCUT2D eigenvalue weighted by molar-refractivity contribution is 6.26. The van der Waals surface area contributed by atoms with Crippen LogP contribution in [0.25, 0.3) is 93.2 Å². The van der Waals surface area contributed by atoms with Gasteiger partial charge in [0.15, 0.2) is 0 Å². The summed E-state index contributed by atoms with van der Waals surface area (Å²) in [4.78, 5) is 0. The highest BCUT2D eigenvalue weighted by Crippen LogP contribution is 2.40. The van der Waals surface area contributed by atoms with Crippen molar-refractivity contribution >= 4 is 54.1 Å². The topological polar surface area (TPSA) is 4.93 Å². The Labute approximate surface area is 284 Å². The molecule has 1 heteroatoms. The van der Waals surface area contributed by atoms with Crippen LogP contribution in [-0.4, -0.2) is 4.57 Å². The van der Waals surface area contributed by atoms with Crippen molar-refractivity contribution in [1.29, 1.82) is 0 Å². The molecule has 228 valence electrons. The van der Waals surface area contributed by atoms with E-state index in [0.29, 0.717) is 0 Å². The lowest BCUT2D eigenvalue weighted by Crippen LogP contribution is -1.94. The van der Waals surface area contributed by atoms with E-state index in [1.807, 2.05) is 0 Å². The van der Waals surface area contributed by atoms with Crippen LogP contribution >= 0.6 is 0 Å². The quantitative estimate of drug-likeness (QED) is 0.172. The van der Waals surface area contributed by atoms with Crippen LogP contribution in [-0.2, 0) is 0 Å². The molecule has 49 heavy (non-hydrogen) atoms. The lowest BCUT2D eigenvalue weighted by atomic mass is 9.90. The maximum Gasteiger partial charge on any atom is 0.0547 e. The van der Waals surface area contributed by atoms with E-state index >= 15 is 0 Å². The van der Waals surface area contributed by atoms with Gasteiger partial charge >= 0.3 is 0 Å². The second kappa shape index (κ2) is 11.1. The van der Waals surface area contributed by atoms with Gasteiger partial charge in [0.05, 0.1) is 11.0 Å². The molecule has 0 bridgehead atoms. The van der Waals surface area contributed by atoms with Gasteiger partial charge < -0.3 is 4.57 Å². The molecular formula is C48H31N. The molecule has 0 amide bonds. The average molecular weight is 622 g/mol. The van der Waals surface area contributed by atoms with Gasteiger partial charge in [-0.1, -0.05) is 152 Å². The monoisotopic (exact) mass is 621 g/mol. The maximum absolute atomic E-state index is 2.43. The normalized spacial score (nSPS) is 11.7. The maximum atomic E-state index is 2.43. The Morgan fingerprint density at radius 2 is 0.653 bits per heavy atom. The van der Waals surface area contributed by atoms with Crippen LogP contribution < -0.4 is 0 Å². The SMILES string of the molecule is c1ccc(-c2ccc3c4ccccc4c4ccc(-c5cccc(-n6c7ccccc7c7ccc(-c8ccccc8)cc76)c5)cc4c3c2)cc1. The molecule has 0 aliphatic heterocycles. The largest absolute Gasteiger partial charge is 0.309 e. The number of rotatable bonds is 4. The van der Waals surface area contributed by atoms with Gasteiger partial charge in [-0.3, -0.25) is 0 Å². The van der Waals surface area contributed by atoms with Crippen LogP contribution in [0.15, 0.2) is 188 Å². The molecule has 1 nitrogen and oxygen atoms in total. The number of benzene rings is 9. The van der Waals surface area contributed by atoms with Gasteiger partial charge in [0.2, 0.25) is 0 Å². The van der Waals surface area contributed by atoms with Crippen molar-refractivity contribution in [3.8, 4) is 39.1 Å². The molecule has 0 radical (unpaired) electrons. The minimum absolute atomic E-state index is 1.16. The fraction of sp³-hybridized carbons (Fsp3) is 0. The molecule has 0 atom stereocenters. The first-order valence-electron chi connectivity index (χ1n) is 16.9. The molecule has 0 fully saturated rings. The highest BCUT2D eigenvalue weighted by Gasteiger charge is 2.15. The first-order chi connectivity index (χ1) is 24.3. The molecule has 0 aliphatic carbocycles. The van der Waals surface area contributed by atoms with Crippen molar-refractivity contribution in [3.05, 3.63) is 188 Å². The highest BCUT2D eigenvalue weighted by atomic mass is 15.0. The fourth-order valence-corrected chi connectivity index (χ4v) is 7.83. The number of para-hydroxylation sites is 1. The van der Waals surface area contributed by atoms with Gasteiger partial charge in [-0.2, -0.15) is 0 Å². The van der Waals surface area contributed by atoms with Crippen LogP contribution in [0, 0.1) is 0 Å². The molecule has 1 heterocycles. The molecule has 0 aliphatic rings. The van der Waals surface area contributed by atoms with Gasteiger partial charge in [-0.25, -0.2) is 0 Å². The smallest absolute Gasteiger partial charge is 0.0547 e. The Hall–Kier alpha value is -6.44.